The van der Waals surface area contributed by atoms with Crippen LogP contribution in [-0.2, 0) is 6.42 Å². The summed E-state index contributed by atoms with van der Waals surface area (Å²) in [6.45, 7) is 1.45. The van der Waals surface area contributed by atoms with Gasteiger partial charge in [0, 0.05) is 5.02 Å². The van der Waals surface area contributed by atoms with Gasteiger partial charge in [0.25, 0.3) is 0 Å². The molecule has 1 nitrogen and oxygen atoms in total. The molecule has 0 saturated carbocycles. The van der Waals surface area contributed by atoms with E-state index in [2.05, 4.69) is 0 Å². The van der Waals surface area contributed by atoms with E-state index in [0.29, 0.717) is 10.6 Å². The van der Waals surface area contributed by atoms with Crippen LogP contribution in [0.1, 0.15) is 24.2 Å². The van der Waals surface area contributed by atoms with Crippen molar-refractivity contribution < 1.29 is 4.39 Å². The van der Waals surface area contributed by atoms with Crippen LogP contribution in [0.3, 0.4) is 0 Å². The number of hydrogen-bond acceptors (Lipinski definition) is 1. The van der Waals surface area contributed by atoms with Gasteiger partial charge >= 0.3 is 0 Å². The zero-order valence-corrected chi connectivity index (χ0v) is 7.98. The minimum absolute atomic E-state index is 0.264. The van der Waals surface area contributed by atoms with E-state index in [1.165, 1.54) is 6.92 Å². The lowest BCUT2D eigenvalue weighted by molar-refractivity contribution is 0.374. The molecule has 0 aromatic heterocycles. The van der Waals surface area contributed by atoms with Gasteiger partial charge in [-0.25, -0.2) is 4.39 Å². The maximum atomic E-state index is 12.8. The van der Waals surface area contributed by atoms with Crippen LogP contribution >= 0.6 is 11.6 Å². The van der Waals surface area contributed by atoms with Crippen molar-refractivity contribution in [3.63, 3.8) is 0 Å². The number of rotatable bonds is 2. The Balaban J connectivity index is 3.00. The van der Waals surface area contributed by atoms with Crippen molar-refractivity contribution in [3.05, 3.63) is 34.3 Å². The van der Waals surface area contributed by atoms with E-state index >= 15 is 0 Å². The van der Waals surface area contributed by atoms with Crippen LogP contribution in [0.5, 0.6) is 0 Å². The van der Waals surface area contributed by atoms with E-state index in [1.54, 1.807) is 18.2 Å². The summed E-state index contributed by atoms with van der Waals surface area (Å²) in [6.07, 6.45) is -0.756. The average Bonchev–Trinajstić information content (AvgIpc) is 2.08. The number of nitriles is 1. The van der Waals surface area contributed by atoms with Gasteiger partial charge in [0.2, 0.25) is 0 Å². The lowest BCUT2D eigenvalue weighted by atomic mass is 10.1. The molecule has 0 spiro atoms. The molecule has 1 unspecified atom stereocenters. The Bertz CT molecular complexity index is 341. The fourth-order valence-electron chi connectivity index (χ4n) is 1.04. The Morgan fingerprint density at radius 2 is 2.31 bits per heavy atom. The molecule has 0 radical (unpaired) electrons. The van der Waals surface area contributed by atoms with E-state index in [9.17, 15) is 4.39 Å². The third-order valence-corrected chi connectivity index (χ3v) is 2.16. The molecule has 1 aromatic rings. The molecule has 0 fully saturated rings. The Morgan fingerprint density at radius 3 is 2.77 bits per heavy atom. The maximum absolute atomic E-state index is 12.8. The third kappa shape index (κ3) is 2.43. The Hall–Kier alpha value is -1.07. The Kier molecular flexibility index (Phi) is 3.27. The highest BCUT2D eigenvalue weighted by atomic mass is 35.5. The molecule has 13 heavy (non-hydrogen) atoms. The Labute approximate surface area is 81.8 Å². The second kappa shape index (κ2) is 4.25. The highest BCUT2D eigenvalue weighted by Crippen LogP contribution is 2.23. The number of nitrogens with zero attached hydrogens (tertiary/aromatic N) is 1. The molecule has 0 amide bonds. The summed E-state index contributed by atoms with van der Waals surface area (Å²) in [5, 5.41) is 8.90. The van der Waals surface area contributed by atoms with Crippen molar-refractivity contribution in [2.24, 2.45) is 0 Å². The van der Waals surface area contributed by atoms with E-state index in [1.807, 2.05) is 6.07 Å². The molecule has 0 aliphatic rings. The van der Waals surface area contributed by atoms with Crippen LogP contribution < -0.4 is 0 Å². The van der Waals surface area contributed by atoms with Crippen molar-refractivity contribution in [1.82, 2.24) is 0 Å². The normalized spacial score (nSPS) is 12.2. The van der Waals surface area contributed by atoms with Gasteiger partial charge in [-0.05, 0) is 24.1 Å². The van der Waals surface area contributed by atoms with E-state index in [0.717, 1.165) is 5.56 Å². The summed E-state index contributed by atoms with van der Waals surface area (Å²) in [5.41, 5.74) is 1.29. The predicted molar refractivity (Wildman–Crippen MR) is 50.3 cm³/mol. The molecule has 1 aromatic carbocycles. The second-order valence-corrected chi connectivity index (χ2v) is 3.21. The first-order chi connectivity index (χ1) is 6.15. The standard InChI is InChI=1S/C10H9ClFN/c1-7(12)9-3-2-8(4-5-13)10(11)6-9/h2-3,6-7H,4H2,1H3. The van der Waals surface area contributed by atoms with Crippen LogP contribution in [0.2, 0.25) is 5.02 Å². The third-order valence-electron chi connectivity index (χ3n) is 1.81. The largest absolute Gasteiger partial charge is 0.243 e. The van der Waals surface area contributed by atoms with E-state index in [-0.39, 0.29) is 6.42 Å². The topological polar surface area (TPSA) is 23.8 Å². The molecular formula is C10H9ClFN. The molecule has 0 N–H and O–H groups in total. The summed E-state index contributed by atoms with van der Waals surface area (Å²) < 4.78 is 12.8. The zero-order valence-electron chi connectivity index (χ0n) is 7.22. The van der Waals surface area contributed by atoms with Gasteiger partial charge in [0.1, 0.15) is 6.17 Å². The number of benzene rings is 1. The summed E-state index contributed by atoms with van der Waals surface area (Å²) in [4.78, 5) is 0. The van der Waals surface area contributed by atoms with Gasteiger partial charge < -0.3 is 0 Å². The molecule has 0 aliphatic heterocycles. The summed E-state index contributed by atoms with van der Waals surface area (Å²) >= 11 is 5.83. The monoisotopic (exact) mass is 197 g/mol. The van der Waals surface area contributed by atoms with Gasteiger partial charge in [0.15, 0.2) is 0 Å². The molecule has 1 atom stereocenters. The molecular weight excluding hydrogens is 189 g/mol. The van der Waals surface area contributed by atoms with Crippen LogP contribution in [0.4, 0.5) is 4.39 Å². The molecule has 0 aliphatic carbocycles. The minimum atomic E-state index is -1.02. The van der Waals surface area contributed by atoms with Crippen molar-refractivity contribution in [3.8, 4) is 6.07 Å². The average molecular weight is 198 g/mol. The number of hydrogen-bond donors (Lipinski definition) is 0. The van der Waals surface area contributed by atoms with Crippen molar-refractivity contribution in [2.45, 2.75) is 19.5 Å². The van der Waals surface area contributed by atoms with Crippen LogP contribution in [0.25, 0.3) is 0 Å². The molecule has 1 rings (SSSR count). The van der Waals surface area contributed by atoms with Crippen molar-refractivity contribution >= 4 is 11.6 Å². The van der Waals surface area contributed by atoms with Gasteiger partial charge in [-0.2, -0.15) is 5.26 Å². The van der Waals surface area contributed by atoms with Crippen LogP contribution in [0, 0.1) is 11.3 Å². The second-order valence-electron chi connectivity index (χ2n) is 2.80. The van der Waals surface area contributed by atoms with E-state index < -0.39 is 6.17 Å². The van der Waals surface area contributed by atoms with E-state index in [4.69, 9.17) is 16.9 Å². The quantitative estimate of drug-likeness (QED) is 0.713. The first kappa shape index (κ1) is 10.0. The zero-order chi connectivity index (χ0) is 9.84. The van der Waals surface area contributed by atoms with Gasteiger partial charge in [-0.3, -0.25) is 0 Å². The first-order valence-electron chi connectivity index (χ1n) is 3.94. The van der Waals surface area contributed by atoms with Crippen molar-refractivity contribution in [2.75, 3.05) is 0 Å². The molecule has 0 saturated heterocycles. The fourth-order valence-corrected chi connectivity index (χ4v) is 1.30. The molecule has 68 valence electrons. The highest BCUT2D eigenvalue weighted by molar-refractivity contribution is 6.31. The van der Waals surface area contributed by atoms with Gasteiger partial charge in [0.05, 0.1) is 12.5 Å². The van der Waals surface area contributed by atoms with Crippen LogP contribution in [-0.4, -0.2) is 0 Å². The molecule has 0 bridgehead atoms. The predicted octanol–water partition coefficient (Wildman–Crippen LogP) is 3.44. The van der Waals surface area contributed by atoms with Crippen LogP contribution in [0.15, 0.2) is 18.2 Å². The molecule has 3 heteroatoms. The number of halogens is 2. The summed E-state index contributed by atoms with van der Waals surface area (Å²) in [5.74, 6) is 0. The lowest BCUT2D eigenvalue weighted by Gasteiger charge is -2.04. The van der Waals surface area contributed by atoms with Crippen molar-refractivity contribution in [1.29, 1.82) is 5.26 Å². The smallest absolute Gasteiger partial charge is 0.122 e. The lowest BCUT2D eigenvalue weighted by Crippen LogP contribution is -1.89. The maximum Gasteiger partial charge on any atom is 0.122 e. The summed E-state index contributed by atoms with van der Waals surface area (Å²) in [7, 11) is 0. The Morgan fingerprint density at radius 1 is 1.62 bits per heavy atom. The first-order valence-corrected chi connectivity index (χ1v) is 4.32. The number of alkyl halides is 1. The summed E-state index contributed by atoms with van der Waals surface area (Å²) in [6, 6.07) is 6.91. The SMILES string of the molecule is CC(F)c1ccc(CC#N)c(Cl)c1. The molecule has 0 heterocycles. The highest BCUT2D eigenvalue weighted by Gasteiger charge is 2.06. The van der Waals surface area contributed by atoms with Gasteiger partial charge in [-0.15, -0.1) is 0 Å². The van der Waals surface area contributed by atoms with Gasteiger partial charge in [-0.1, -0.05) is 23.7 Å². The fraction of sp³-hybridized carbons (Fsp3) is 0.300. The minimum Gasteiger partial charge on any atom is -0.243 e.